The van der Waals surface area contributed by atoms with Crippen LogP contribution in [0.4, 0.5) is 0 Å². The van der Waals surface area contributed by atoms with Crippen molar-refractivity contribution in [3.05, 3.63) is 40.3 Å². The Bertz CT molecular complexity index is 728. The van der Waals surface area contributed by atoms with Crippen LogP contribution in [-0.4, -0.2) is 43.3 Å². The molecule has 120 valence electrons. The molecule has 0 radical (unpaired) electrons. The van der Waals surface area contributed by atoms with Gasteiger partial charge in [-0.2, -0.15) is 0 Å². The number of nitrogens with zero attached hydrogens (tertiary/aromatic N) is 1. The van der Waals surface area contributed by atoms with Gasteiger partial charge in [0.05, 0.1) is 11.3 Å². The molecular weight excluding hydrogens is 338 g/mol. The molecule has 8 heteroatoms. The Balaban J connectivity index is 2.34. The molecule has 1 aromatic carbocycles. The molecule has 1 saturated heterocycles. The van der Waals surface area contributed by atoms with Crippen molar-refractivity contribution in [1.29, 1.82) is 0 Å². The topological polar surface area (TPSA) is 94.9 Å². The second-order valence-corrected chi connectivity index (χ2v) is 6.54. The third-order valence-corrected chi connectivity index (χ3v) is 4.59. The zero-order valence-electron chi connectivity index (χ0n) is 12.1. The molecule has 1 aliphatic heterocycles. The van der Waals surface area contributed by atoms with E-state index >= 15 is 0 Å². The van der Waals surface area contributed by atoms with Crippen molar-refractivity contribution in [3.63, 3.8) is 0 Å². The number of carboxylic acid groups (broad SMARTS) is 2. The molecular formula is C15H13NO5S2. The molecule has 1 aromatic rings. The SMILES string of the molecule is Cc1ccccc1/C=C1/SC(=S)N([C@H](CC(=O)O)C(=O)O)C1=O. The number of rotatable bonds is 5. The van der Waals surface area contributed by atoms with E-state index < -0.39 is 30.3 Å². The van der Waals surface area contributed by atoms with Crippen LogP contribution in [0.15, 0.2) is 29.2 Å². The lowest BCUT2D eigenvalue weighted by Crippen LogP contribution is -2.45. The van der Waals surface area contributed by atoms with Crippen LogP contribution in [0.25, 0.3) is 6.08 Å². The number of hydrogen-bond donors (Lipinski definition) is 2. The lowest BCUT2D eigenvalue weighted by molar-refractivity contribution is -0.150. The lowest BCUT2D eigenvalue weighted by atomic mass is 10.1. The zero-order chi connectivity index (χ0) is 17.1. The largest absolute Gasteiger partial charge is 0.481 e. The van der Waals surface area contributed by atoms with Crippen molar-refractivity contribution in [1.82, 2.24) is 4.90 Å². The molecule has 1 heterocycles. The summed E-state index contributed by atoms with van der Waals surface area (Å²) in [7, 11) is 0. The van der Waals surface area contributed by atoms with Crippen LogP contribution in [0.2, 0.25) is 0 Å². The summed E-state index contributed by atoms with van der Waals surface area (Å²) in [6, 6.07) is 5.89. The van der Waals surface area contributed by atoms with Crippen molar-refractivity contribution < 1.29 is 24.6 Å². The molecule has 0 aliphatic carbocycles. The summed E-state index contributed by atoms with van der Waals surface area (Å²) in [6.45, 7) is 1.89. The van der Waals surface area contributed by atoms with Crippen LogP contribution in [-0.2, 0) is 14.4 Å². The molecule has 0 bridgehead atoms. The van der Waals surface area contributed by atoms with E-state index in [0.29, 0.717) is 0 Å². The maximum absolute atomic E-state index is 12.5. The van der Waals surface area contributed by atoms with Crippen molar-refractivity contribution in [2.24, 2.45) is 0 Å². The van der Waals surface area contributed by atoms with Gasteiger partial charge >= 0.3 is 11.9 Å². The minimum Gasteiger partial charge on any atom is -0.481 e. The van der Waals surface area contributed by atoms with Gasteiger partial charge in [0, 0.05) is 0 Å². The minimum absolute atomic E-state index is 0.0449. The van der Waals surface area contributed by atoms with Gasteiger partial charge in [-0.1, -0.05) is 48.2 Å². The van der Waals surface area contributed by atoms with Gasteiger partial charge in [-0.3, -0.25) is 14.5 Å². The predicted molar refractivity (Wildman–Crippen MR) is 89.9 cm³/mol. The van der Waals surface area contributed by atoms with Gasteiger partial charge in [-0.15, -0.1) is 0 Å². The van der Waals surface area contributed by atoms with Gasteiger partial charge in [0.25, 0.3) is 5.91 Å². The molecule has 1 amide bonds. The highest BCUT2D eigenvalue weighted by molar-refractivity contribution is 8.26. The smallest absolute Gasteiger partial charge is 0.327 e. The van der Waals surface area contributed by atoms with E-state index in [1.807, 2.05) is 31.2 Å². The summed E-state index contributed by atoms with van der Waals surface area (Å²) in [4.78, 5) is 35.7. The first-order valence-electron chi connectivity index (χ1n) is 6.58. The molecule has 2 rings (SSSR count). The Labute approximate surface area is 141 Å². The first-order chi connectivity index (χ1) is 10.8. The summed E-state index contributed by atoms with van der Waals surface area (Å²) in [5, 5.41) is 18.0. The predicted octanol–water partition coefficient (Wildman–Crippen LogP) is 2.12. The lowest BCUT2D eigenvalue weighted by Gasteiger charge is -2.21. The average molecular weight is 351 g/mol. The van der Waals surface area contributed by atoms with Gasteiger partial charge in [-0.05, 0) is 24.1 Å². The molecule has 0 aromatic heterocycles. The Morgan fingerprint density at radius 3 is 2.57 bits per heavy atom. The van der Waals surface area contributed by atoms with Crippen molar-refractivity contribution >= 4 is 52.2 Å². The molecule has 6 nitrogen and oxygen atoms in total. The quantitative estimate of drug-likeness (QED) is 0.620. The number of hydrogen-bond acceptors (Lipinski definition) is 5. The fourth-order valence-electron chi connectivity index (χ4n) is 2.09. The second-order valence-electron chi connectivity index (χ2n) is 4.86. The summed E-state index contributed by atoms with van der Waals surface area (Å²) < 4.78 is 0.0449. The number of aryl methyl sites for hydroxylation is 1. The standard InChI is InChI=1S/C15H13NO5S2/c1-8-4-2-3-5-9(8)6-11-13(19)16(15(22)23-11)10(14(20)21)7-12(17)18/h2-6,10H,7H2,1H3,(H,17,18)(H,20,21)/b11-6+/t10-/m1/s1. The van der Waals surface area contributed by atoms with Gasteiger partial charge in [0.2, 0.25) is 0 Å². The third-order valence-electron chi connectivity index (χ3n) is 3.26. The first-order valence-corrected chi connectivity index (χ1v) is 7.81. The second kappa shape index (κ2) is 6.93. The Kier molecular flexibility index (Phi) is 5.17. The summed E-state index contributed by atoms with van der Waals surface area (Å²) in [5.74, 6) is -3.30. The molecule has 1 aliphatic rings. The van der Waals surface area contributed by atoms with Gasteiger partial charge < -0.3 is 10.2 Å². The van der Waals surface area contributed by atoms with E-state index in [0.717, 1.165) is 27.8 Å². The fourth-order valence-corrected chi connectivity index (χ4v) is 3.44. The van der Waals surface area contributed by atoms with Gasteiger partial charge in [-0.25, -0.2) is 4.79 Å². The number of thioether (sulfide) groups is 1. The summed E-state index contributed by atoms with van der Waals surface area (Å²) in [5.41, 5.74) is 1.77. The number of amides is 1. The van der Waals surface area contributed by atoms with Crippen LogP contribution >= 0.6 is 24.0 Å². The van der Waals surface area contributed by atoms with Crippen LogP contribution in [0, 0.1) is 6.92 Å². The van der Waals surface area contributed by atoms with Crippen molar-refractivity contribution in [2.75, 3.05) is 0 Å². The van der Waals surface area contributed by atoms with Gasteiger partial charge in [0.15, 0.2) is 0 Å². The Hall–Kier alpha value is -2.19. The number of aliphatic carboxylic acids is 2. The van der Waals surface area contributed by atoms with E-state index in [2.05, 4.69) is 0 Å². The van der Waals surface area contributed by atoms with E-state index in [-0.39, 0.29) is 9.23 Å². The number of carboxylic acids is 2. The van der Waals surface area contributed by atoms with Crippen molar-refractivity contribution in [2.45, 2.75) is 19.4 Å². The number of carbonyl (C=O) groups excluding carboxylic acids is 1. The molecule has 1 fully saturated rings. The number of benzene rings is 1. The highest BCUT2D eigenvalue weighted by Gasteiger charge is 2.41. The summed E-state index contributed by atoms with van der Waals surface area (Å²) in [6.07, 6.45) is 0.924. The monoisotopic (exact) mass is 351 g/mol. The molecule has 23 heavy (non-hydrogen) atoms. The van der Waals surface area contributed by atoms with Crippen LogP contribution in [0.3, 0.4) is 0 Å². The zero-order valence-corrected chi connectivity index (χ0v) is 13.7. The first kappa shape index (κ1) is 17.2. The van der Waals surface area contributed by atoms with E-state index in [9.17, 15) is 19.5 Å². The van der Waals surface area contributed by atoms with Gasteiger partial charge in [0.1, 0.15) is 10.4 Å². The normalized spacial score (nSPS) is 17.6. The van der Waals surface area contributed by atoms with E-state index in [4.69, 9.17) is 17.3 Å². The number of carbonyl (C=O) groups is 3. The van der Waals surface area contributed by atoms with Crippen LogP contribution in [0.5, 0.6) is 0 Å². The van der Waals surface area contributed by atoms with E-state index in [1.54, 1.807) is 6.08 Å². The van der Waals surface area contributed by atoms with Crippen molar-refractivity contribution in [3.8, 4) is 0 Å². The molecule has 0 saturated carbocycles. The molecule has 1 atom stereocenters. The Morgan fingerprint density at radius 1 is 1.35 bits per heavy atom. The molecule has 2 N–H and O–H groups in total. The highest BCUT2D eigenvalue weighted by Crippen LogP contribution is 2.35. The fraction of sp³-hybridized carbons (Fsp3) is 0.200. The maximum Gasteiger partial charge on any atom is 0.327 e. The summed E-state index contributed by atoms with van der Waals surface area (Å²) >= 11 is 6.03. The van der Waals surface area contributed by atoms with Crippen LogP contribution < -0.4 is 0 Å². The average Bonchev–Trinajstić information content (AvgIpc) is 2.73. The highest BCUT2D eigenvalue weighted by atomic mass is 32.2. The molecule has 0 unspecified atom stereocenters. The minimum atomic E-state index is -1.51. The maximum atomic E-state index is 12.5. The molecule has 0 spiro atoms. The third kappa shape index (κ3) is 3.77. The van der Waals surface area contributed by atoms with E-state index in [1.165, 1.54) is 0 Å². The number of thiocarbonyl (C=S) groups is 1. The Morgan fingerprint density at radius 2 is 2.00 bits per heavy atom. The van der Waals surface area contributed by atoms with Crippen LogP contribution in [0.1, 0.15) is 17.5 Å².